The second-order valence-corrected chi connectivity index (χ2v) is 5.48. The van der Waals surface area contributed by atoms with E-state index in [9.17, 15) is 30.7 Å². The van der Waals surface area contributed by atoms with Gasteiger partial charge in [0.05, 0.1) is 0 Å². The Morgan fingerprint density at radius 1 is 0.952 bits per heavy atom. The largest absolute Gasteiger partial charge is 0.474 e. The van der Waals surface area contributed by atoms with Gasteiger partial charge in [0.2, 0.25) is 4.38 Å². The van der Waals surface area contributed by atoms with Gasteiger partial charge < -0.3 is 4.74 Å². The van der Waals surface area contributed by atoms with E-state index in [1.54, 1.807) is 18.2 Å². The van der Waals surface area contributed by atoms with Gasteiger partial charge in [-0.25, -0.2) is 4.39 Å². The molecule has 0 radical (unpaired) electrons. The monoisotopic (exact) mass is 352 g/mol. The molecule has 1 aromatic rings. The molecule has 1 nitrogen and oxygen atoms in total. The summed E-state index contributed by atoms with van der Waals surface area (Å²) in [6.45, 7) is -0.363. The van der Waals surface area contributed by atoms with Gasteiger partial charge >= 0.3 is 17.4 Å². The average molecular weight is 352 g/mol. The number of hydrogen-bond donors (Lipinski definition) is 0. The molecule has 0 atom stereocenters. The summed E-state index contributed by atoms with van der Waals surface area (Å²) in [7, 11) is 0. The lowest BCUT2D eigenvalue weighted by Gasteiger charge is -2.28. The summed E-state index contributed by atoms with van der Waals surface area (Å²) in [5.74, 6) is 0. The van der Waals surface area contributed by atoms with Crippen molar-refractivity contribution in [3.63, 3.8) is 0 Å². The Balaban J connectivity index is 2.75. The molecule has 0 saturated heterocycles. The molecule has 1 aromatic carbocycles. The minimum atomic E-state index is -6.17. The first-order chi connectivity index (χ1) is 9.47. The van der Waals surface area contributed by atoms with Gasteiger partial charge in [-0.2, -0.15) is 26.3 Å². The minimum Gasteiger partial charge on any atom is -0.474 e. The predicted octanol–water partition coefficient (Wildman–Crippen LogP) is 5.01. The molecule has 0 aliphatic rings. The fraction of sp³-hybridized carbons (Fsp3) is 0.364. The summed E-state index contributed by atoms with van der Waals surface area (Å²) >= 11 is 3.01. The first-order valence-corrected chi connectivity index (χ1v) is 6.42. The summed E-state index contributed by atoms with van der Waals surface area (Å²) in [5, 5.41) is -5.51. The van der Waals surface area contributed by atoms with Crippen molar-refractivity contribution in [2.75, 3.05) is 0 Å². The standard InChI is InChI=1S/C11H7F7OS2/c12-9(10(13,14)15,11(16,17)18)21-8(20)19-6-7-4-2-1-3-5-7/h1-5H,6H2. The van der Waals surface area contributed by atoms with Crippen molar-refractivity contribution in [1.82, 2.24) is 0 Å². The van der Waals surface area contributed by atoms with Gasteiger partial charge in [0.1, 0.15) is 6.61 Å². The SMILES string of the molecule is FC(F)(F)C(F)(SC(=S)OCc1ccccc1)C(F)(F)F. The molecule has 0 aromatic heterocycles. The number of halogens is 7. The van der Waals surface area contributed by atoms with E-state index < -0.39 is 33.5 Å². The van der Waals surface area contributed by atoms with E-state index in [4.69, 9.17) is 0 Å². The van der Waals surface area contributed by atoms with E-state index >= 15 is 0 Å². The number of hydrogen-bond acceptors (Lipinski definition) is 3. The van der Waals surface area contributed by atoms with Crippen LogP contribution in [0, 0.1) is 0 Å². The van der Waals surface area contributed by atoms with Crippen molar-refractivity contribution in [3.8, 4) is 0 Å². The van der Waals surface area contributed by atoms with E-state index in [0.29, 0.717) is 5.56 Å². The first kappa shape index (κ1) is 18.0. The molecule has 0 unspecified atom stereocenters. The molecule has 0 aliphatic carbocycles. The van der Waals surface area contributed by atoms with Gasteiger partial charge in [-0.05, 0) is 29.5 Å². The Hall–Kier alpha value is -1.03. The second kappa shape index (κ2) is 6.39. The number of rotatable bonds is 3. The molecule has 0 N–H and O–H groups in total. The van der Waals surface area contributed by atoms with Crippen LogP contribution in [0.2, 0.25) is 0 Å². The van der Waals surface area contributed by atoms with Crippen LogP contribution in [-0.2, 0) is 11.3 Å². The highest BCUT2D eigenvalue weighted by Crippen LogP contribution is 2.53. The highest BCUT2D eigenvalue weighted by atomic mass is 32.2. The summed E-state index contributed by atoms with van der Waals surface area (Å²) in [4.78, 5) is 0. The molecule has 0 heterocycles. The fourth-order valence-electron chi connectivity index (χ4n) is 1.14. The number of thioether (sulfide) groups is 1. The van der Waals surface area contributed by atoms with Crippen molar-refractivity contribution in [3.05, 3.63) is 35.9 Å². The van der Waals surface area contributed by atoms with Crippen LogP contribution in [0.15, 0.2) is 30.3 Å². The Labute approximate surface area is 124 Å². The number of benzene rings is 1. The van der Waals surface area contributed by atoms with Crippen LogP contribution in [0.5, 0.6) is 0 Å². The van der Waals surface area contributed by atoms with Gasteiger partial charge in [-0.3, -0.25) is 0 Å². The molecule has 0 saturated carbocycles. The molecular weight excluding hydrogens is 345 g/mol. The minimum absolute atomic E-state index is 0.363. The molecule has 10 heteroatoms. The summed E-state index contributed by atoms with van der Waals surface area (Å²) in [5.41, 5.74) is 0.462. The molecule has 0 fully saturated rings. The molecule has 0 spiro atoms. The van der Waals surface area contributed by atoms with Crippen LogP contribution >= 0.6 is 24.0 Å². The van der Waals surface area contributed by atoms with Crippen LogP contribution in [-0.4, -0.2) is 21.7 Å². The number of ether oxygens (including phenoxy) is 1. The smallest absolute Gasteiger partial charge is 0.442 e. The third-order valence-electron chi connectivity index (χ3n) is 2.15. The maximum atomic E-state index is 13.3. The highest BCUT2D eigenvalue weighted by molar-refractivity contribution is 8.23. The fourth-order valence-corrected chi connectivity index (χ4v) is 2.12. The van der Waals surface area contributed by atoms with Crippen LogP contribution in [0.3, 0.4) is 0 Å². The zero-order chi connectivity index (χ0) is 16.3. The van der Waals surface area contributed by atoms with Crippen molar-refractivity contribution < 1.29 is 35.5 Å². The van der Waals surface area contributed by atoms with E-state index in [1.165, 1.54) is 12.1 Å². The van der Waals surface area contributed by atoms with Crippen LogP contribution in [0.4, 0.5) is 30.7 Å². The first-order valence-electron chi connectivity index (χ1n) is 5.19. The lowest BCUT2D eigenvalue weighted by Crippen LogP contribution is -2.51. The Morgan fingerprint density at radius 2 is 1.43 bits per heavy atom. The van der Waals surface area contributed by atoms with E-state index in [-0.39, 0.29) is 6.61 Å². The maximum Gasteiger partial charge on any atom is 0.442 e. The van der Waals surface area contributed by atoms with Gasteiger partial charge in [0.25, 0.3) is 0 Å². The van der Waals surface area contributed by atoms with Crippen molar-refractivity contribution >= 4 is 28.4 Å². The third kappa shape index (κ3) is 4.47. The van der Waals surface area contributed by atoms with Crippen LogP contribution in [0.25, 0.3) is 0 Å². The number of alkyl halides is 7. The number of thiocarbonyl (C=S) groups is 1. The predicted molar refractivity (Wildman–Crippen MR) is 67.4 cm³/mol. The van der Waals surface area contributed by atoms with E-state index in [2.05, 4.69) is 17.0 Å². The van der Waals surface area contributed by atoms with E-state index in [1.807, 2.05) is 0 Å². The van der Waals surface area contributed by atoms with Crippen molar-refractivity contribution in [2.24, 2.45) is 0 Å². The van der Waals surface area contributed by atoms with Gasteiger partial charge in [-0.15, -0.1) is 0 Å². The average Bonchev–Trinajstić information content (AvgIpc) is 2.35. The van der Waals surface area contributed by atoms with Crippen LogP contribution < -0.4 is 0 Å². The molecule has 0 amide bonds. The van der Waals surface area contributed by atoms with Gasteiger partial charge in [0.15, 0.2) is 0 Å². The van der Waals surface area contributed by atoms with Crippen molar-refractivity contribution in [2.45, 2.75) is 24.0 Å². The molecule has 0 bridgehead atoms. The lowest BCUT2D eigenvalue weighted by atomic mass is 10.2. The molecular formula is C11H7F7OS2. The second-order valence-electron chi connectivity index (χ2n) is 3.72. The Kier molecular flexibility index (Phi) is 5.48. The third-order valence-corrected chi connectivity index (χ3v) is 3.55. The lowest BCUT2D eigenvalue weighted by molar-refractivity contribution is -0.302. The van der Waals surface area contributed by atoms with Gasteiger partial charge in [-0.1, -0.05) is 30.3 Å². The van der Waals surface area contributed by atoms with E-state index in [0.717, 1.165) is 0 Å². The topological polar surface area (TPSA) is 9.23 Å². The molecule has 1 rings (SSSR count). The normalized spacial score (nSPS) is 13.1. The quantitative estimate of drug-likeness (QED) is 0.559. The molecule has 118 valence electrons. The highest BCUT2D eigenvalue weighted by Gasteiger charge is 2.74. The molecule has 21 heavy (non-hydrogen) atoms. The maximum absolute atomic E-state index is 13.3. The molecule has 0 aliphatic heterocycles. The Morgan fingerprint density at radius 3 is 1.86 bits per heavy atom. The summed E-state index contributed by atoms with van der Waals surface area (Å²) in [6, 6.07) is 7.85. The van der Waals surface area contributed by atoms with Crippen LogP contribution in [0.1, 0.15) is 5.56 Å². The Bertz CT molecular complexity index is 470. The summed E-state index contributed by atoms with van der Waals surface area (Å²) in [6.07, 6.45) is -12.3. The van der Waals surface area contributed by atoms with Gasteiger partial charge in [0, 0.05) is 0 Å². The summed E-state index contributed by atoms with van der Waals surface area (Å²) < 4.78 is 90.5. The zero-order valence-electron chi connectivity index (χ0n) is 9.96. The zero-order valence-corrected chi connectivity index (χ0v) is 11.6. The van der Waals surface area contributed by atoms with Crippen molar-refractivity contribution in [1.29, 1.82) is 0 Å².